The number of carbonyl (C=O) groups excluding carboxylic acids is 4. The quantitative estimate of drug-likeness (QED) is 0.295. The zero-order valence-corrected chi connectivity index (χ0v) is 16.3. The van der Waals surface area contributed by atoms with E-state index in [0.29, 0.717) is 0 Å². The molecule has 0 spiro atoms. The van der Waals surface area contributed by atoms with Crippen molar-refractivity contribution < 1.29 is 38.0 Å². The van der Waals surface area contributed by atoms with Gasteiger partial charge in [-0.05, 0) is 26.8 Å². The number of benzene rings is 1. The molecule has 1 N–H and O–H groups in total. The zero-order chi connectivity index (χ0) is 22.4. The van der Waals surface area contributed by atoms with Gasteiger partial charge >= 0.3 is 11.9 Å². The molecule has 2 rings (SSSR count). The van der Waals surface area contributed by atoms with Crippen LogP contribution in [0.4, 0.5) is 11.6 Å². The first-order chi connectivity index (χ1) is 14.2. The number of aryl methyl sites for hydroxylation is 1. The number of nitrogens with zero attached hydrogens (tertiary/aromatic N) is 1. The molecule has 0 aliphatic heterocycles. The number of amides is 1. The second kappa shape index (κ2) is 9.45. The molecule has 0 aliphatic rings. The summed E-state index contributed by atoms with van der Waals surface area (Å²) >= 11 is 0. The molecule has 0 unspecified atom stereocenters. The minimum Gasteiger partial charge on any atom is -0.462 e. The lowest BCUT2D eigenvalue weighted by molar-refractivity contribution is -0.385. The fraction of sp³-hybridized carbons (Fsp3) is 0.263. The van der Waals surface area contributed by atoms with Gasteiger partial charge in [-0.1, -0.05) is 12.1 Å². The Labute approximate surface area is 170 Å². The monoisotopic (exact) mass is 418 g/mol. The number of furan rings is 1. The van der Waals surface area contributed by atoms with Gasteiger partial charge in [0.2, 0.25) is 5.88 Å². The van der Waals surface area contributed by atoms with Gasteiger partial charge in [0.1, 0.15) is 16.9 Å². The van der Waals surface area contributed by atoms with Crippen LogP contribution in [0.25, 0.3) is 0 Å². The highest BCUT2D eigenvalue weighted by molar-refractivity contribution is 6.11. The fourth-order valence-electron chi connectivity index (χ4n) is 2.63. The summed E-state index contributed by atoms with van der Waals surface area (Å²) in [5, 5.41) is 13.2. The van der Waals surface area contributed by atoms with Gasteiger partial charge in [-0.3, -0.25) is 25.0 Å². The van der Waals surface area contributed by atoms with Gasteiger partial charge in [-0.15, -0.1) is 0 Å². The third-order valence-electron chi connectivity index (χ3n) is 3.82. The van der Waals surface area contributed by atoms with E-state index in [9.17, 15) is 29.3 Å². The standard InChI is InChI=1S/C19H18N2O9/c1-4-28-19(25)16-15(10(2)22)11(3)30-17(16)20-14(23)9-29-18(24)12-7-5-6-8-13(12)21(26)27/h5-8H,4,9H2,1-3H3,(H,20,23). The van der Waals surface area contributed by atoms with Gasteiger partial charge in [-0.25, -0.2) is 9.59 Å². The van der Waals surface area contributed by atoms with Crippen LogP contribution < -0.4 is 5.32 Å². The molecule has 0 saturated heterocycles. The van der Waals surface area contributed by atoms with Gasteiger partial charge in [0.05, 0.1) is 17.1 Å². The molecule has 158 valence electrons. The van der Waals surface area contributed by atoms with Crippen LogP contribution in [0, 0.1) is 17.0 Å². The van der Waals surface area contributed by atoms with Crippen molar-refractivity contribution in [3.05, 3.63) is 56.8 Å². The van der Waals surface area contributed by atoms with Gasteiger partial charge in [0.25, 0.3) is 11.6 Å². The van der Waals surface area contributed by atoms with Crippen LogP contribution in [0.5, 0.6) is 0 Å². The van der Waals surface area contributed by atoms with E-state index in [1.54, 1.807) is 6.92 Å². The molecular weight excluding hydrogens is 400 g/mol. The van der Waals surface area contributed by atoms with E-state index in [1.165, 1.54) is 32.0 Å². The number of nitrogens with one attached hydrogen (secondary N) is 1. The molecule has 0 bridgehead atoms. The summed E-state index contributed by atoms with van der Waals surface area (Å²) in [6.07, 6.45) is 0. The maximum atomic E-state index is 12.2. The van der Waals surface area contributed by atoms with E-state index in [4.69, 9.17) is 13.9 Å². The zero-order valence-electron chi connectivity index (χ0n) is 16.3. The van der Waals surface area contributed by atoms with Crippen LogP contribution in [0.3, 0.4) is 0 Å². The molecule has 30 heavy (non-hydrogen) atoms. The number of nitro groups is 1. The lowest BCUT2D eigenvalue weighted by Crippen LogP contribution is -2.22. The highest BCUT2D eigenvalue weighted by Crippen LogP contribution is 2.28. The Morgan fingerprint density at radius 3 is 2.37 bits per heavy atom. The number of anilines is 1. The number of hydrogen-bond acceptors (Lipinski definition) is 9. The molecule has 0 saturated carbocycles. The first-order valence-electron chi connectivity index (χ1n) is 8.69. The van der Waals surface area contributed by atoms with E-state index in [1.807, 2.05) is 0 Å². The van der Waals surface area contributed by atoms with Gasteiger partial charge in [0, 0.05) is 6.07 Å². The fourth-order valence-corrected chi connectivity index (χ4v) is 2.63. The van der Waals surface area contributed by atoms with E-state index in [0.717, 1.165) is 6.07 Å². The lowest BCUT2D eigenvalue weighted by atomic mass is 10.1. The van der Waals surface area contributed by atoms with Gasteiger partial charge in [0.15, 0.2) is 12.4 Å². The number of nitro benzene ring substituents is 1. The summed E-state index contributed by atoms with van der Waals surface area (Å²) in [5.41, 5.74) is -1.09. The number of hydrogen-bond donors (Lipinski definition) is 1. The normalized spacial score (nSPS) is 10.2. The maximum Gasteiger partial charge on any atom is 0.345 e. The summed E-state index contributed by atoms with van der Waals surface area (Å²) in [7, 11) is 0. The van der Waals surface area contributed by atoms with Crippen molar-refractivity contribution in [3.8, 4) is 0 Å². The van der Waals surface area contributed by atoms with Crippen LogP contribution in [-0.2, 0) is 14.3 Å². The van der Waals surface area contributed by atoms with Crippen LogP contribution in [0.2, 0.25) is 0 Å². The summed E-state index contributed by atoms with van der Waals surface area (Å²) in [4.78, 5) is 58.5. The predicted octanol–water partition coefficient (Wildman–Crippen LogP) is 2.67. The predicted molar refractivity (Wildman–Crippen MR) is 101 cm³/mol. The Morgan fingerprint density at radius 1 is 1.10 bits per heavy atom. The number of esters is 2. The van der Waals surface area contributed by atoms with Crippen molar-refractivity contribution in [2.75, 3.05) is 18.5 Å². The smallest absolute Gasteiger partial charge is 0.345 e. The highest BCUT2D eigenvalue weighted by atomic mass is 16.6. The van der Waals surface area contributed by atoms with Crippen LogP contribution in [0.15, 0.2) is 28.7 Å². The first-order valence-corrected chi connectivity index (χ1v) is 8.69. The third kappa shape index (κ3) is 4.87. The minimum absolute atomic E-state index is 0.0290. The molecule has 1 heterocycles. The third-order valence-corrected chi connectivity index (χ3v) is 3.82. The average molecular weight is 418 g/mol. The van der Waals surface area contributed by atoms with E-state index in [-0.39, 0.29) is 34.9 Å². The van der Waals surface area contributed by atoms with Gasteiger partial charge in [-0.2, -0.15) is 0 Å². The Bertz CT molecular complexity index is 1020. The molecular formula is C19H18N2O9. The summed E-state index contributed by atoms with van der Waals surface area (Å²) in [5.74, 6) is -3.55. The molecule has 2 aromatic rings. The second-order valence-corrected chi connectivity index (χ2v) is 5.91. The topological polar surface area (TPSA) is 155 Å². The van der Waals surface area contributed by atoms with Crippen LogP contribution >= 0.6 is 0 Å². The largest absolute Gasteiger partial charge is 0.462 e. The minimum atomic E-state index is -1.08. The summed E-state index contributed by atoms with van der Waals surface area (Å²) in [6, 6.07) is 5.10. The lowest BCUT2D eigenvalue weighted by Gasteiger charge is -2.07. The summed E-state index contributed by atoms with van der Waals surface area (Å²) in [6.45, 7) is 3.44. The van der Waals surface area contributed by atoms with Crippen molar-refractivity contribution in [2.24, 2.45) is 0 Å². The first kappa shape index (κ1) is 22.3. The maximum absolute atomic E-state index is 12.2. The molecule has 0 aliphatic carbocycles. The Morgan fingerprint density at radius 2 is 1.77 bits per heavy atom. The molecule has 0 atom stereocenters. The highest BCUT2D eigenvalue weighted by Gasteiger charge is 2.29. The number of rotatable bonds is 8. The number of ether oxygens (including phenoxy) is 2. The molecule has 1 amide bonds. The van der Waals surface area contributed by atoms with Crippen LogP contribution in [-0.4, -0.2) is 41.8 Å². The van der Waals surface area contributed by atoms with Crippen LogP contribution in [0.1, 0.15) is 50.7 Å². The van der Waals surface area contributed by atoms with Crippen molar-refractivity contribution in [1.82, 2.24) is 0 Å². The molecule has 0 radical (unpaired) electrons. The molecule has 11 heteroatoms. The van der Waals surface area contributed by atoms with Crippen molar-refractivity contribution in [3.63, 3.8) is 0 Å². The Balaban J connectivity index is 2.16. The number of carbonyl (C=O) groups is 4. The molecule has 11 nitrogen and oxygen atoms in total. The number of ketones is 1. The SMILES string of the molecule is CCOC(=O)c1c(NC(=O)COC(=O)c2ccccc2[N+](=O)[O-])oc(C)c1C(C)=O. The van der Waals surface area contributed by atoms with E-state index < -0.39 is 40.8 Å². The van der Waals surface area contributed by atoms with E-state index in [2.05, 4.69) is 5.32 Å². The van der Waals surface area contributed by atoms with Crippen molar-refractivity contribution in [2.45, 2.75) is 20.8 Å². The van der Waals surface area contributed by atoms with Crippen molar-refractivity contribution in [1.29, 1.82) is 0 Å². The Kier molecular flexibility index (Phi) is 7.02. The Hall–Kier alpha value is -4.02. The van der Waals surface area contributed by atoms with Gasteiger partial charge < -0.3 is 13.9 Å². The molecule has 1 aromatic carbocycles. The molecule has 0 fully saturated rings. The summed E-state index contributed by atoms with van der Waals surface area (Å²) < 4.78 is 15.0. The molecule has 1 aromatic heterocycles. The average Bonchev–Trinajstić information content (AvgIpc) is 3.02. The number of para-hydroxylation sites is 1. The number of Topliss-reactive ketones (excluding diaryl/α,β-unsaturated/α-hetero) is 1. The van der Waals surface area contributed by atoms with E-state index >= 15 is 0 Å². The second-order valence-electron chi connectivity index (χ2n) is 5.91. The van der Waals surface area contributed by atoms with Crippen molar-refractivity contribution >= 4 is 35.2 Å².